The quantitative estimate of drug-likeness (QED) is 0.126. The topological polar surface area (TPSA) is 0 Å². The Morgan fingerprint density at radius 2 is 0.886 bits per heavy atom. The van der Waals surface area contributed by atoms with E-state index in [0.717, 1.165) is 9.52 Å². The molecule has 0 spiro atoms. The summed E-state index contributed by atoms with van der Waals surface area (Å²) < 4.78 is 0. The summed E-state index contributed by atoms with van der Waals surface area (Å²) in [6, 6.07) is 39.3. The summed E-state index contributed by atoms with van der Waals surface area (Å²) >= 11 is -0.826. The van der Waals surface area contributed by atoms with Crippen molar-refractivity contribution >= 4 is 58.5 Å². The first-order valence-corrected chi connectivity index (χ1v) is 22.5. The molecule has 226 valence electrons. The Hall–Kier alpha value is -2.22. The Morgan fingerprint density at radius 3 is 1.20 bits per heavy atom. The average Bonchev–Trinajstić information content (AvgIpc) is 3.58. The Bertz CT molecular complexity index is 1590. The molecule has 6 aromatic carbocycles. The van der Waals surface area contributed by atoms with Crippen LogP contribution in [0.15, 0.2) is 109 Å². The van der Waals surface area contributed by atoms with Crippen LogP contribution in [-0.4, -0.2) is 9.52 Å². The predicted molar refractivity (Wildman–Crippen MR) is 196 cm³/mol. The summed E-state index contributed by atoms with van der Waals surface area (Å²) in [6.45, 7) is 17.7. The van der Waals surface area contributed by atoms with Gasteiger partial charge in [0.1, 0.15) is 9.52 Å². The maximum Gasteiger partial charge on any atom is 0.121 e. The molecule has 6 rings (SSSR count). The van der Waals surface area contributed by atoms with Gasteiger partial charge in [0.15, 0.2) is 0 Å². The number of hydrogen-bond donors (Lipinski definition) is 0. The van der Waals surface area contributed by atoms with Crippen LogP contribution in [0.1, 0.15) is 72.9 Å². The molecule has 0 saturated carbocycles. The first-order chi connectivity index (χ1) is 21.0. The summed E-state index contributed by atoms with van der Waals surface area (Å²) in [5.74, 6) is 1.22. The van der Waals surface area contributed by atoms with Gasteiger partial charge in [-0.3, -0.25) is 0 Å². The Morgan fingerprint density at radius 1 is 0.545 bits per heavy atom. The summed E-state index contributed by atoms with van der Waals surface area (Å²) in [4.78, 5) is 0. The summed E-state index contributed by atoms with van der Waals surface area (Å²) in [5.41, 5.74) is 8.46. The minimum atomic E-state index is -0.826. The molecule has 6 aromatic rings. The molecule has 0 nitrogen and oxygen atoms in total. The molecular formula is C40H44Cl2SiZr. The molecule has 2 radical (unpaired) electrons. The van der Waals surface area contributed by atoms with Gasteiger partial charge in [-0.1, -0.05) is 150 Å². The van der Waals surface area contributed by atoms with Gasteiger partial charge in [-0.05, 0) is 11.8 Å². The second-order valence-electron chi connectivity index (χ2n) is 11.9. The zero-order valence-electron chi connectivity index (χ0n) is 27.3. The van der Waals surface area contributed by atoms with E-state index in [1.165, 1.54) is 65.3 Å². The number of benzene rings is 4. The molecule has 0 heterocycles. The number of fused-ring (bicyclic) bond motifs is 2. The van der Waals surface area contributed by atoms with Crippen LogP contribution in [0.5, 0.6) is 0 Å². The van der Waals surface area contributed by atoms with E-state index in [9.17, 15) is 0 Å². The van der Waals surface area contributed by atoms with Gasteiger partial charge in [0.05, 0.1) is 0 Å². The van der Waals surface area contributed by atoms with E-state index in [0.29, 0.717) is 11.8 Å². The van der Waals surface area contributed by atoms with E-state index < -0.39 is 20.8 Å². The van der Waals surface area contributed by atoms with E-state index in [1.54, 1.807) is 0 Å². The Balaban J connectivity index is 0.000000173. The molecule has 0 bridgehead atoms. The number of halogens is 2. The van der Waals surface area contributed by atoms with E-state index in [-0.39, 0.29) is 0 Å². The molecule has 4 heteroatoms. The van der Waals surface area contributed by atoms with Gasteiger partial charge in [-0.15, -0.1) is 68.1 Å². The van der Waals surface area contributed by atoms with Crippen LogP contribution in [-0.2, 0) is 20.8 Å². The molecule has 0 fully saturated rings. The first kappa shape index (κ1) is 36.3. The normalized spacial score (nSPS) is 10.5. The maximum atomic E-state index is 4.93. The molecular weight excluding hydrogens is 671 g/mol. The van der Waals surface area contributed by atoms with E-state index in [2.05, 4.69) is 165 Å². The fraction of sp³-hybridized carbons (Fsp3) is 0.250. The molecule has 0 unspecified atom stereocenters. The van der Waals surface area contributed by atoms with Crippen molar-refractivity contribution in [3.05, 3.63) is 143 Å². The third-order valence-corrected chi connectivity index (χ3v) is 8.89. The van der Waals surface area contributed by atoms with Crippen molar-refractivity contribution in [1.82, 2.24) is 0 Å². The second-order valence-corrected chi connectivity index (χ2v) is 17.0. The van der Waals surface area contributed by atoms with E-state index in [1.807, 2.05) is 0 Å². The summed E-state index contributed by atoms with van der Waals surface area (Å²) in [7, 11) is 10.6. The minimum absolute atomic E-state index is 0.611. The third-order valence-electron chi connectivity index (χ3n) is 7.65. The van der Waals surface area contributed by atoms with Gasteiger partial charge in [0.2, 0.25) is 0 Å². The maximum absolute atomic E-state index is 4.93. The molecule has 0 amide bonds. The average molecular weight is 715 g/mol. The van der Waals surface area contributed by atoms with Crippen molar-refractivity contribution in [1.29, 1.82) is 0 Å². The van der Waals surface area contributed by atoms with Crippen LogP contribution in [0.3, 0.4) is 0 Å². The molecule has 0 aliphatic heterocycles. The van der Waals surface area contributed by atoms with Gasteiger partial charge in [-0.25, -0.2) is 0 Å². The van der Waals surface area contributed by atoms with Crippen LogP contribution < -0.4 is 10.4 Å². The van der Waals surface area contributed by atoms with Crippen LogP contribution in [0.4, 0.5) is 0 Å². The molecule has 0 atom stereocenters. The van der Waals surface area contributed by atoms with Gasteiger partial charge in [-0.2, -0.15) is 12.1 Å². The van der Waals surface area contributed by atoms with Crippen LogP contribution >= 0.6 is 17.0 Å². The summed E-state index contributed by atoms with van der Waals surface area (Å²) in [5, 5.41) is 8.53. The SMILES string of the molecule is Cc1cc2c(C(C)C)ccc(C)c2[cH-]1.Cc1cc2c(C(C)C)ccc(C)c2[cH-]1.[Cl][Zr+2][Cl].c1ccc([Si]c2ccccc2)cc1. The molecule has 0 N–H and O–H groups in total. The molecule has 0 aliphatic carbocycles. The molecule has 44 heavy (non-hydrogen) atoms. The zero-order valence-corrected chi connectivity index (χ0v) is 32.3. The van der Waals surface area contributed by atoms with Crippen LogP contribution in [0.2, 0.25) is 0 Å². The van der Waals surface area contributed by atoms with Crippen molar-refractivity contribution < 1.29 is 20.8 Å². The van der Waals surface area contributed by atoms with Crippen molar-refractivity contribution in [2.24, 2.45) is 0 Å². The van der Waals surface area contributed by atoms with Crippen molar-refractivity contribution in [2.45, 2.75) is 67.2 Å². The zero-order chi connectivity index (χ0) is 32.2. The fourth-order valence-corrected chi connectivity index (χ4v) is 6.49. The molecule has 0 aliphatic rings. The van der Waals surface area contributed by atoms with Crippen LogP contribution in [0, 0.1) is 27.7 Å². The number of hydrogen-bond acceptors (Lipinski definition) is 0. The third kappa shape index (κ3) is 10.4. The standard InChI is InChI=1S/2C14H17.C12H10Si.2ClH.Zr/c2*1-9(2)12-6-5-11(4)13-7-10(3)8-14(12)13;1-3-7-11(8-4-1)13-12-9-5-2-6-10-12;;;/h2*5-9H,1-4H3;1-10H;2*1H;/q2*-1;;;;+4/p-2. The van der Waals surface area contributed by atoms with Gasteiger partial charge in [0.25, 0.3) is 0 Å². The second kappa shape index (κ2) is 18.1. The smallest absolute Gasteiger partial charge is 0.0631 e. The van der Waals surface area contributed by atoms with Gasteiger partial charge < -0.3 is 0 Å². The van der Waals surface area contributed by atoms with E-state index >= 15 is 0 Å². The Labute approximate surface area is 287 Å². The Kier molecular flexibility index (Phi) is 14.9. The van der Waals surface area contributed by atoms with Crippen molar-refractivity contribution in [3.63, 3.8) is 0 Å². The monoisotopic (exact) mass is 712 g/mol. The minimum Gasteiger partial charge on any atom is -0.0631 e. The van der Waals surface area contributed by atoms with Gasteiger partial charge >= 0.3 is 37.9 Å². The van der Waals surface area contributed by atoms with Crippen molar-refractivity contribution in [2.75, 3.05) is 0 Å². The molecule has 0 aromatic heterocycles. The first-order valence-electron chi connectivity index (χ1n) is 15.2. The van der Waals surface area contributed by atoms with Crippen LogP contribution in [0.25, 0.3) is 21.5 Å². The number of rotatable bonds is 4. The largest absolute Gasteiger partial charge is 0.121 e. The van der Waals surface area contributed by atoms with Gasteiger partial charge in [0, 0.05) is 0 Å². The summed E-state index contributed by atoms with van der Waals surface area (Å²) in [6.07, 6.45) is 0. The fourth-order valence-electron chi connectivity index (χ4n) is 5.44. The predicted octanol–water partition coefficient (Wildman–Crippen LogP) is 11.3. The number of aryl methyl sites for hydroxylation is 4. The van der Waals surface area contributed by atoms with Crippen molar-refractivity contribution in [3.8, 4) is 0 Å². The van der Waals surface area contributed by atoms with E-state index in [4.69, 9.17) is 17.0 Å². The molecule has 0 saturated heterocycles.